The molecule has 0 bridgehead atoms. The zero-order valence-corrected chi connectivity index (χ0v) is 11.0. The van der Waals surface area contributed by atoms with Crippen LogP contribution in [0.15, 0.2) is 24.3 Å². The number of unbranched alkanes of at least 4 members (excludes halogenated alkanes) is 2. The van der Waals surface area contributed by atoms with Gasteiger partial charge in [-0.2, -0.15) is 0 Å². The van der Waals surface area contributed by atoms with Gasteiger partial charge < -0.3 is 5.32 Å². The summed E-state index contributed by atoms with van der Waals surface area (Å²) in [6.45, 7) is 5.35. The van der Waals surface area contributed by atoms with Crippen LogP contribution < -0.4 is 5.32 Å². The lowest BCUT2D eigenvalue weighted by Gasteiger charge is -2.19. The van der Waals surface area contributed by atoms with E-state index in [9.17, 15) is 4.39 Å². The number of halogens is 1. The fraction of sp³-hybridized carbons (Fsp3) is 0.600. The standard InChI is InChI=1S/C15H24FN/c1-3-5-6-10-15(17-11-4-2)13-8-7-9-14(16)12-13/h7-9,12,15,17H,3-6,10-11H2,1-2H3. The molecule has 0 saturated heterocycles. The van der Waals surface area contributed by atoms with Gasteiger partial charge in [0.15, 0.2) is 0 Å². The van der Waals surface area contributed by atoms with Crippen molar-refractivity contribution in [2.24, 2.45) is 0 Å². The van der Waals surface area contributed by atoms with Crippen LogP contribution in [-0.2, 0) is 0 Å². The molecule has 0 aromatic heterocycles. The van der Waals surface area contributed by atoms with Crippen LogP contribution >= 0.6 is 0 Å². The molecule has 1 N–H and O–H groups in total. The first-order valence-corrected chi connectivity index (χ1v) is 6.76. The van der Waals surface area contributed by atoms with E-state index in [2.05, 4.69) is 19.2 Å². The second-order valence-corrected chi connectivity index (χ2v) is 4.56. The SMILES string of the molecule is CCCCCC(NCCC)c1cccc(F)c1. The van der Waals surface area contributed by atoms with Crippen molar-refractivity contribution >= 4 is 0 Å². The fourth-order valence-corrected chi connectivity index (χ4v) is 2.03. The van der Waals surface area contributed by atoms with E-state index in [0.29, 0.717) is 6.04 Å². The monoisotopic (exact) mass is 237 g/mol. The predicted octanol–water partition coefficient (Wildman–Crippen LogP) is 4.45. The Bertz CT molecular complexity index is 312. The highest BCUT2D eigenvalue weighted by atomic mass is 19.1. The molecule has 0 aliphatic heterocycles. The van der Waals surface area contributed by atoms with E-state index in [0.717, 1.165) is 24.9 Å². The minimum atomic E-state index is -0.138. The van der Waals surface area contributed by atoms with E-state index >= 15 is 0 Å². The summed E-state index contributed by atoms with van der Waals surface area (Å²) in [6, 6.07) is 7.27. The van der Waals surface area contributed by atoms with Crippen LogP contribution in [0.2, 0.25) is 0 Å². The first-order valence-electron chi connectivity index (χ1n) is 6.76. The molecule has 1 aromatic rings. The molecule has 1 atom stereocenters. The number of hydrogen-bond acceptors (Lipinski definition) is 1. The van der Waals surface area contributed by atoms with Gasteiger partial charge in [0.1, 0.15) is 5.82 Å². The van der Waals surface area contributed by atoms with E-state index < -0.39 is 0 Å². The van der Waals surface area contributed by atoms with E-state index in [-0.39, 0.29) is 5.82 Å². The van der Waals surface area contributed by atoms with Crippen LogP contribution in [0.3, 0.4) is 0 Å². The van der Waals surface area contributed by atoms with Crippen molar-refractivity contribution in [1.29, 1.82) is 0 Å². The molecule has 0 spiro atoms. The van der Waals surface area contributed by atoms with Gasteiger partial charge >= 0.3 is 0 Å². The highest BCUT2D eigenvalue weighted by molar-refractivity contribution is 5.20. The van der Waals surface area contributed by atoms with E-state index in [1.165, 1.54) is 25.3 Å². The average Bonchev–Trinajstić information content (AvgIpc) is 2.33. The normalized spacial score (nSPS) is 12.6. The highest BCUT2D eigenvalue weighted by Crippen LogP contribution is 2.20. The summed E-state index contributed by atoms with van der Waals surface area (Å²) in [6.07, 6.45) is 5.88. The molecular formula is C15H24FN. The van der Waals surface area contributed by atoms with Crippen LogP contribution in [0.4, 0.5) is 4.39 Å². The van der Waals surface area contributed by atoms with Crippen molar-refractivity contribution in [3.05, 3.63) is 35.6 Å². The van der Waals surface area contributed by atoms with Crippen molar-refractivity contribution in [3.8, 4) is 0 Å². The second-order valence-electron chi connectivity index (χ2n) is 4.56. The number of nitrogens with one attached hydrogen (secondary N) is 1. The van der Waals surface area contributed by atoms with Gasteiger partial charge in [0.2, 0.25) is 0 Å². The quantitative estimate of drug-likeness (QED) is 0.659. The third kappa shape index (κ3) is 5.31. The van der Waals surface area contributed by atoms with Gasteiger partial charge in [-0.05, 0) is 37.1 Å². The first kappa shape index (κ1) is 14.2. The van der Waals surface area contributed by atoms with E-state index in [1.807, 2.05) is 6.07 Å². The van der Waals surface area contributed by atoms with Gasteiger partial charge in [-0.15, -0.1) is 0 Å². The van der Waals surface area contributed by atoms with Gasteiger partial charge in [0, 0.05) is 6.04 Å². The Labute approximate surface area is 104 Å². The third-order valence-corrected chi connectivity index (χ3v) is 2.99. The molecule has 0 aliphatic rings. The van der Waals surface area contributed by atoms with Crippen LogP contribution in [0, 0.1) is 5.82 Å². The molecule has 1 aromatic carbocycles. The molecular weight excluding hydrogens is 213 g/mol. The minimum absolute atomic E-state index is 0.138. The number of benzene rings is 1. The van der Waals surface area contributed by atoms with Crippen molar-refractivity contribution in [1.82, 2.24) is 5.32 Å². The molecule has 0 radical (unpaired) electrons. The summed E-state index contributed by atoms with van der Waals surface area (Å²) in [5, 5.41) is 3.51. The van der Waals surface area contributed by atoms with Crippen molar-refractivity contribution in [2.45, 2.75) is 52.0 Å². The smallest absolute Gasteiger partial charge is 0.123 e. The molecule has 0 aliphatic carbocycles. The summed E-state index contributed by atoms with van der Waals surface area (Å²) in [4.78, 5) is 0. The minimum Gasteiger partial charge on any atom is -0.310 e. The molecule has 0 saturated carbocycles. The topological polar surface area (TPSA) is 12.0 Å². The van der Waals surface area contributed by atoms with Gasteiger partial charge in [-0.1, -0.05) is 45.2 Å². The molecule has 0 fully saturated rings. The molecule has 1 nitrogen and oxygen atoms in total. The summed E-state index contributed by atoms with van der Waals surface area (Å²) >= 11 is 0. The average molecular weight is 237 g/mol. The lowest BCUT2D eigenvalue weighted by molar-refractivity contribution is 0.472. The highest BCUT2D eigenvalue weighted by Gasteiger charge is 2.10. The molecule has 0 amide bonds. The van der Waals surface area contributed by atoms with Gasteiger partial charge in [-0.3, -0.25) is 0 Å². The maximum atomic E-state index is 13.2. The molecule has 1 rings (SSSR count). The Morgan fingerprint density at radius 2 is 2.00 bits per heavy atom. The molecule has 1 unspecified atom stereocenters. The van der Waals surface area contributed by atoms with E-state index in [4.69, 9.17) is 0 Å². The Balaban J connectivity index is 2.60. The summed E-state index contributed by atoms with van der Waals surface area (Å²) in [5.41, 5.74) is 1.08. The maximum Gasteiger partial charge on any atom is 0.123 e. The van der Waals surface area contributed by atoms with Crippen LogP contribution in [0.1, 0.15) is 57.6 Å². The largest absolute Gasteiger partial charge is 0.310 e. The van der Waals surface area contributed by atoms with Crippen molar-refractivity contribution in [2.75, 3.05) is 6.54 Å². The predicted molar refractivity (Wildman–Crippen MR) is 71.6 cm³/mol. The van der Waals surface area contributed by atoms with Crippen LogP contribution in [-0.4, -0.2) is 6.54 Å². The van der Waals surface area contributed by atoms with Gasteiger partial charge in [0.25, 0.3) is 0 Å². The zero-order chi connectivity index (χ0) is 12.5. The first-order chi connectivity index (χ1) is 8.27. The van der Waals surface area contributed by atoms with Crippen molar-refractivity contribution in [3.63, 3.8) is 0 Å². The molecule has 17 heavy (non-hydrogen) atoms. The maximum absolute atomic E-state index is 13.2. The fourth-order valence-electron chi connectivity index (χ4n) is 2.03. The van der Waals surface area contributed by atoms with Gasteiger partial charge in [-0.25, -0.2) is 4.39 Å². The number of rotatable bonds is 8. The second kappa shape index (κ2) is 8.24. The summed E-state index contributed by atoms with van der Waals surface area (Å²) < 4.78 is 13.2. The summed E-state index contributed by atoms with van der Waals surface area (Å²) in [5.74, 6) is -0.138. The molecule has 96 valence electrons. The van der Waals surface area contributed by atoms with Crippen LogP contribution in [0.5, 0.6) is 0 Å². The Morgan fingerprint density at radius 1 is 1.18 bits per heavy atom. The summed E-state index contributed by atoms with van der Waals surface area (Å²) in [7, 11) is 0. The third-order valence-electron chi connectivity index (χ3n) is 2.99. The Hall–Kier alpha value is -0.890. The van der Waals surface area contributed by atoms with Crippen LogP contribution in [0.25, 0.3) is 0 Å². The number of hydrogen-bond donors (Lipinski definition) is 1. The zero-order valence-electron chi connectivity index (χ0n) is 11.0. The Morgan fingerprint density at radius 3 is 2.65 bits per heavy atom. The van der Waals surface area contributed by atoms with Gasteiger partial charge in [0.05, 0.1) is 0 Å². The molecule has 0 heterocycles. The lowest BCUT2D eigenvalue weighted by Crippen LogP contribution is -2.22. The van der Waals surface area contributed by atoms with Crippen molar-refractivity contribution < 1.29 is 4.39 Å². The molecule has 2 heteroatoms. The van der Waals surface area contributed by atoms with E-state index in [1.54, 1.807) is 12.1 Å². The lowest BCUT2D eigenvalue weighted by atomic mass is 10.00. The Kier molecular flexibility index (Phi) is 6.87.